The van der Waals surface area contributed by atoms with E-state index >= 15 is 0 Å². The summed E-state index contributed by atoms with van der Waals surface area (Å²) >= 11 is 5.36. The van der Waals surface area contributed by atoms with Gasteiger partial charge in [0.2, 0.25) is 0 Å². The molecule has 2 aliphatic rings. The second-order valence-corrected chi connectivity index (χ2v) is 8.18. The van der Waals surface area contributed by atoms with Gasteiger partial charge in [0.25, 0.3) is 0 Å². The Morgan fingerprint density at radius 2 is 1.55 bits per heavy atom. The molecule has 0 radical (unpaired) electrons. The number of thiocarbonyl (C=S) groups is 1. The molecule has 0 aromatic heterocycles. The minimum atomic E-state index is -1.25. The van der Waals surface area contributed by atoms with Gasteiger partial charge in [-0.05, 0) is 31.6 Å². The average molecular weight is 490 g/mol. The largest absolute Gasteiger partial charge is 0.463 e. The highest BCUT2D eigenvalue weighted by molar-refractivity contribution is 7.80. The zero-order valence-corrected chi connectivity index (χ0v) is 19.9. The second-order valence-electron chi connectivity index (χ2n) is 7.77. The zero-order valence-electron chi connectivity index (χ0n) is 19.1. The molecule has 0 unspecified atom stereocenters. The van der Waals surface area contributed by atoms with E-state index < -0.39 is 54.5 Å². The van der Waals surface area contributed by atoms with Gasteiger partial charge >= 0.3 is 23.9 Å². The highest BCUT2D eigenvalue weighted by atomic mass is 32.1. The number of ether oxygens (including phenoxy) is 5. The molecular weight excluding hydrogens is 458 g/mol. The highest BCUT2D eigenvalue weighted by Crippen LogP contribution is 2.28. The molecule has 2 aliphatic heterocycles. The molecule has 0 spiro atoms. The van der Waals surface area contributed by atoms with E-state index in [1.165, 1.54) is 13.8 Å². The van der Waals surface area contributed by atoms with Gasteiger partial charge in [-0.2, -0.15) is 0 Å². The Balaban J connectivity index is 2.25. The van der Waals surface area contributed by atoms with Crippen LogP contribution in [0.5, 0.6) is 0 Å². The summed E-state index contributed by atoms with van der Waals surface area (Å²) in [6.45, 7) is 5.91. The minimum Gasteiger partial charge on any atom is -0.463 e. The van der Waals surface area contributed by atoms with Gasteiger partial charge in [0, 0.05) is 40.3 Å². The number of carbonyl (C=O) groups is 4. The normalized spacial score (nSPS) is 28.8. The summed E-state index contributed by atoms with van der Waals surface area (Å²) in [6.07, 6.45) is -3.72. The Hall–Kier alpha value is -2.51. The fourth-order valence-corrected chi connectivity index (χ4v) is 3.87. The van der Waals surface area contributed by atoms with Crippen molar-refractivity contribution in [3.8, 4) is 0 Å². The number of carbonyl (C=O) groups excluding carboxylic acids is 4. The van der Waals surface area contributed by atoms with Crippen LogP contribution in [-0.2, 0) is 42.9 Å². The number of esters is 4. The molecule has 33 heavy (non-hydrogen) atoms. The molecule has 0 aromatic rings. The van der Waals surface area contributed by atoms with Gasteiger partial charge in [0.05, 0.1) is 0 Å². The van der Waals surface area contributed by atoms with Crippen LogP contribution in [0, 0.1) is 0 Å². The molecule has 6 atom stereocenters. The molecule has 2 heterocycles. The van der Waals surface area contributed by atoms with Crippen LogP contribution >= 0.6 is 12.2 Å². The second kappa shape index (κ2) is 12.7. The van der Waals surface area contributed by atoms with Crippen LogP contribution in [0.25, 0.3) is 0 Å². The first-order valence-corrected chi connectivity index (χ1v) is 11.1. The van der Waals surface area contributed by atoms with Gasteiger partial charge in [0.1, 0.15) is 12.7 Å². The monoisotopic (exact) mass is 489 g/mol. The highest BCUT2D eigenvalue weighted by Gasteiger charge is 2.52. The number of hydrogen-bond donors (Lipinski definition) is 3. The molecule has 0 amide bonds. The fourth-order valence-electron chi connectivity index (χ4n) is 3.67. The molecule has 0 aromatic carbocycles. The van der Waals surface area contributed by atoms with Crippen LogP contribution in [-0.4, -0.2) is 85.4 Å². The van der Waals surface area contributed by atoms with Gasteiger partial charge in [-0.25, -0.2) is 0 Å². The van der Waals surface area contributed by atoms with Crippen molar-refractivity contribution < 1.29 is 42.9 Å². The maximum atomic E-state index is 11.8. The van der Waals surface area contributed by atoms with Crippen LogP contribution in [0.3, 0.4) is 0 Å². The summed E-state index contributed by atoms with van der Waals surface area (Å²) in [6, 6.07) is 0.264. The lowest BCUT2D eigenvalue weighted by atomic mass is 9.97. The number of rotatable bonds is 8. The van der Waals surface area contributed by atoms with Crippen molar-refractivity contribution in [2.75, 3.05) is 19.7 Å². The van der Waals surface area contributed by atoms with Crippen molar-refractivity contribution in [2.45, 2.75) is 77.2 Å². The van der Waals surface area contributed by atoms with Crippen LogP contribution in [0.1, 0.15) is 40.5 Å². The molecule has 0 bridgehead atoms. The molecule has 12 nitrogen and oxygen atoms in total. The Bertz CT molecular complexity index is 744. The summed E-state index contributed by atoms with van der Waals surface area (Å²) in [4.78, 5) is 46.8. The molecule has 2 rings (SSSR count). The predicted molar refractivity (Wildman–Crippen MR) is 117 cm³/mol. The predicted octanol–water partition coefficient (Wildman–Crippen LogP) is -0.714. The molecular formula is C20H31N3O9S. The van der Waals surface area contributed by atoms with E-state index in [1.807, 2.05) is 0 Å². The van der Waals surface area contributed by atoms with Crippen molar-refractivity contribution in [3.63, 3.8) is 0 Å². The first-order chi connectivity index (χ1) is 15.6. The first kappa shape index (κ1) is 26.7. The van der Waals surface area contributed by atoms with Crippen molar-refractivity contribution >= 4 is 41.2 Å². The lowest BCUT2D eigenvalue weighted by Gasteiger charge is -2.44. The summed E-state index contributed by atoms with van der Waals surface area (Å²) in [5, 5.41) is 9.53. The zero-order chi connectivity index (χ0) is 24.5. The molecule has 0 aliphatic carbocycles. The topological polar surface area (TPSA) is 151 Å². The third-order valence-corrected chi connectivity index (χ3v) is 5.20. The molecule has 186 valence electrons. The number of nitrogens with one attached hydrogen (secondary N) is 3. The Labute approximate surface area is 197 Å². The SMILES string of the molecule is CC(=O)OC[C@H]1O[C@@H](NC(=S)NC[C@H]2CCCN2)[C@H](OC(C)=O)[C@@H](OC(C)=O)[C@@H]1OC(C)=O. The standard InChI is InChI=1S/C20H31N3O9S/c1-10(24)28-9-15-16(29-11(2)25)17(30-12(3)26)18(31-13(4)27)19(32-15)23-20(33)22-8-14-6-5-7-21-14/h14-19,21H,5-9H2,1-4H3,(H2,22,23,33)/t14-,15-,16-,17+,18-,19-/m1/s1. The van der Waals surface area contributed by atoms with Crippen LogP contribution in [0.2, 0.25) is 0 Å². The van der Waals surface area contributed by atoms with E-state index in [-0.39, 0.29) is 17.8 Å². The Morgan fingerprint density at radius 1 is 0.939 bits per heavy atom. The molecule has 0 saturated carbocycles. The third-order valence-electron chi connectivity index (χ3n) is 4.94. The van der Waals surface area contributed by atoms with Gasteiger partial charge < -0.3 is 39.6 Å². The van der Waals surface area contributed by atoms with E-state index in [0.717, 1.165) is 33.2 Å². The van der Waals surface area contributed by atoms with Crippen LogP contribution in [0.4, 0.5) is 0 Å². The van der Waals surface area contributed by atoms with E-state index in [4.69, 9.17) is 35.9 Å². The molecule has 3 N–H and O–H groups in total. The summed E-state index contributed by atoms with van der Waals surface area (Å²) in [7, 11) is 0. The lowest BCUT2D eigenvalue weighted by Crippen LogP contribution is -2.67. The third kappa shape index (κ3) is 8.74. The van der Waals surface area contributed by atoms with Crippen molar-refractivity contribution in [1.82, 2.24) is 16.0 Å². The summed E-state index contributed by atoms with van der Waals surface area (Å²) < 4.78 is 27.1. The summed E-state index contributed by atoms with van der Waals surface area (Å²) in [5.41, 5.74) is 0. The molecule has 2 saturated heterocycles. The van der Waals surface area contributed by atoms with Crippen molar-refractivity contribution in [1.29, 1.82) is 0 Å². The van der Waals surface area contributed by atoms with E-state index in [9.17, 15) is 19.2 Å². The van der Waals surface area contributed by atoms with Crippen LogP contribution < -0.4 is 16.0 Å². The van der Waals surface area contributed by atoms with E-state index in [0.29, 0.717) is 6.54 Å². The fraction of sp³-hybridized carbons (Fsp3) is 0.750. The first-order valence-electron chi connectivity index (χ1n) is 10.6. The molecule has 2 fully saturated rings. The smallest absolute Gasteiger partial charge is 0.303 e. The maximum Gasteiger partial charge on any atom is 0.303 e. The van der Waals surface area contributed by atoms with Gasteiger partial charge in [-0.1, -0.05) is 0 Å². The number of hydrogen-bond acceptors (Lipinski definition) is 11. The molecule has 13 heteroatoms. The Kier molecular flexibility index (Phi) is 10.3. The summed E-state index contributed by atoms with van der Waals surface area (Å²) in [5.74, 6) is -2.66. The average Bonchev–Trinajstić information content (AvgIpc) is 3.22. The Morgan fingerprint density at radius 3 is 2.09 bits per heavy atom. The van der Waals surface area contributed by atoms with E-state index in [2.05, 4.69) is 16.0 Å². The van der Waals surface area contributed by atoms with Gasteiger partial charge in [0.15, 0.2) is 29.7 Å². The van der Waals surface area contributed by atoms with Crippen molar-refractivity contribution in [3.05, 3.63) is 0 Å². The maximum absolute atomic E-state index is 11.8. The minimum absolute atomic E-state index is 0.213. The quantitative estimate of drug-likeness (QED) is 0.224. The van der Waals surface area contributed by atoms with Crippen LogP contribution in [0.15, 0.2) is 0 Å². The van der Waals surface area contributed by atoms with Gasteiger partial charge in [-0.3, -0.25) is 19.2 Å². The van der Waals surface area contributed by atoms with E-state index in [1.54, 1.807) is 0 Å². The van der Waals surface area contributed by atoms with Crippen molar-refractivity contribution in [2.24, 2.45) is 0 Å². The van der Waals surface area contributed by atoms with Gasteiger partial charge in [-0.15, -0.1) is 0 Å². The lowest BCUT2D eigenvalue weighted by molar-refractivity contribution is -0.254.